The molecule has 0 fully saturated rings. The number of imidazole rings is 1. The Morgan fingerprint density at radius 2 is 2.05 bits per heavy atom. The van der Waals surface area contributed by atoms with E-state index in [1.165, 1.54) is 0 Å². The maximum absolute atomic E-state index is 4.55. The van der Waals surface area contributed by atoms with Gasteiger partial charge in [0.15, 0.2) is 5.82 Å². The SMILES string of the molecule is CCCNc1nc(C)cc(-c2nccn2CCC)n1. The summed E-state index contributed by atoms with van der Waals surface area (Å²) < 4.78 is 2.13. The van der Waals surface area contributed by atoms with Gasteiger partial charge in [-0.15, -0.1) is 0 Å². The summed E-state index contributed by atoms with van der Waals surface area (Å²) in [6.45, 7) is 8.10. The highest BCUT2D eigenvalue weighted by molar-refractivity contribution is 5.52. The van der Waals surface area contributed by atoms with Crippen molar-refractivity contribution in [1.29, 1.82) is 0 Å². The predicted octanol–water partition coefficient (Wildman–Crippen LogP) is 2.88. The third-order valence-corrected chi connectivity index (χ3v) is 2.80. The summed E-state index contributed by atoms with van der Waals surface area (Å²) in [5.74, 6) is 1.59. The fourth-order valence-electron chi connectivity index (χ4n) is 1.96. The molecular weight excluding hydrogens is 238 g/mol. The average molecular weight is 259 g/mol. The van der Waals surface area contributed by atoms with E-state index in [4.69, 9.17) is 0 Å². The highest BCUT2D eigenvalue weighted by Gasteiger charge is 2.09. The van der Waals surface area contributed by atoms with Gasteiger partial charge in [-0.25, -0.2) is 15.0 Å². The van der Waals surface area contributed by atoms with Gasteiger partial charge in [-0.2, -0.15) is 0 Å². The number of rotatable bonds is 6. The van der Waals surface area contributed by atoms with E-state index < -0.39 is 0 Å². The predicted molar refractivity (Wildman–Crippen MR) is 77.1 cm³/mol. The Morgan fingerprint density at radius 3 is 2.79 bits per heavy atom. The summed E-state index contributed by atoms with van der Waals surface area (Å²) in [5.41, 5.74) is 1.83. The average Bonchev–Trinajstić information content (AvgIpc) is 2.84. The molecule has 2 heterocycles. The van der Waals surface area contributed by atoms with Crippen LogP contribution in [0.1, 0.15) is 32.4 Å². The molecule has 2 rings (SSSR count). The van der Waals surface area contributed by atoms with Crippen LogP contribution in [0.25, 0.3) is 11.5 Å². The van der Waals surface area contributed by atoms with Gasteiger partial charge in [0.2, 0.25) is 5.95 Å². The van der Waals surface area contributed by atoms with Crippen molar-refractivity contribution in [1.82, 2.24) is 19.5 Å². The lowest BCUT2D eigenvalue weighted by Crippen LogP contribution is -2.07. The smallest absolute Gasteiger partial charge is 0.223 e. The summed E-state index contributed by atoms with van der Waals surface area (Å²) in [5, 5.41) is 3.23. The van der Waals surface area contributed by atoms with Crippen LogP contribution in [0.15, 0.2) is 18.5 Å². The first kappa shape index (κ1) is 13.5. The van der Waals surface area contributed by atoms with Gasteiger partial charge >= 0.3 is 0 Å². The highest BCUT2D eigenvalue weighted by atomic mass is 15.1. The number of nitrogens with zero attached hydrogens (tertiary/aromatic N) is 4. The molecule has 102 valence electrons. The molecular formula is C14H21N5. The lowest BCUT2D eigenvalue weighted by Gasteiger charge is -2.09. The summed E-state index contributed by atoms with van der Waals surface area (Å²) >= 11 is 0. The molecule has 0 spiro atoms. The molecule has 0 bridgehead atoms. The van der Waals surface area contributed by atoms with Gasteiger partial charge in [-0.1, -0.05) is 13.8 Å². The maximum atomic E-state index is 4.55. The molecule has 0 aromatic carbocycles. The van der Waals surface area contributed by atoms with Crippen molar-refractivity contribution in [2.75, 3.05) is 11.9 Å². The van der Waals surface area contributed by atoms with Crippen LogP contribution in [-0.2, 0) is 6.54 Å². The van der Waals surface area contributed by atoms with Crippen molar-refractivity contribution >= 4 is 5.95 Å². The second kappa shape index (κ2) is 6.31. The number of hydrogen-bond acceptors (Lipinski definition) is 4. The first-order valence-electron chi connectivity index (χ1n) is 6.85. The number of anilines is 1. The van der Waals surface area contributed by atoms with E-state index in [2.05, 4.69) is 38.7 Å². The first-order valence-corrected chi connectivity index (χ1v) is 6.85. The molecule has 0 aliphatic heterocycles. The normalized spacial score (nSPS) is 10.7. The minimum atomic E-state index is 0.683. The molecule has 5 heteroatoms. The monoisotopic (exact) mass is 259 g/mol. The summed E-state index contributed by atoms with van der Waals surface area (Å²) in [7, 11) is 0. The van der Waals surface area contributed by atoms with Gasteiger partial charge in [0.25, 0.3) is 0 Å². The van der Waals surface area contributed by atoms with Crippen LogP contribution in [0.5, 0.6) is 0 Å². The fraction of sp³-hybridized carbons (Fsp3) is 0.500. The van der Waals surface area contributed by atoms with E-state index in [0.29, 0.717) is 5.95 Å². The molecule has 0 amide bonds. The Morgan fingerprint density at radius 1 is 1.21 bits per heavy atom. The lowest BCUT2D eigenvalue weighted by atomic mass is 10.3. The molecule has 0 saturated heterocycles. The largest absolute Gasteiger partial charge is 0.354 e. The van der Waals surface area contributed by atoms with E-state index in [1.54, 1.807) is 0 Å². The second-order valence-electron chi connectivity index (χ2n) is 4.59. The van der Waals surface area contributed by atoms with Crippen molar-refractivity contribution in [3.63, 3.8) is 0 Å². The Hall–Kier alpha value is -1.91. The van der Waals surface area contributed by atoms with Crippen molar-refractivity contribution < 1.29 is 0 Å². The van der Waals surface area contributed by atoms with Crippen LogP contribution in [0.3, 0.4) is 0 Å². The third kappa shape index (κ3) is 3.30. The zero-order valence-corrected chi connectivity index (χ0v) is 11.8. The molecule has 0 saturated carbocycles. The van der Waals surface area contributed by atoms with Crippen LogP contribution in [-0.4, -0.2) is 26.1 Å². The molecule has 2 aromatic rings. The zero-order valence-electron chi connectivity index (χ0n) is 11.8. The maximum Gasteiger partial charge on any atom is 0.223 e. The first-order chi connectivity index (χ1) is 9.24. The van der Waals surface area contributed by atoms with Gasteiger partial charge in [0, 0.05) is 31.2 Å². The molecule has 0 aliphatic rings. The van der Waals surface area contributed by atoms with Gasteiger partial charge < -0.3 is 9.88 Å². The van der Waals surface area contributed by atoms with Crippen LogP contribution >= 0.6 is 0 Å². The number of aromatic nitrogens is 4. The van der Waals surface area contributed by atoms with E-state index in [0.717, 1.165) is 43.1 Å². The van der Waals surface area contributed by atoms with Crippen molar-refractivity contribution in [2.24, 2.45) is 0 Å². The van der Waals surface area contributed by atoms with E-state index in [1.807, 2.05) is 25.4 Å². The number of aryl methyl sites for hydroxylation is 2. The summed E-state index contributed by atoms with van der Waals surface area (Å²) in [4.78, 5) is 13.4. The van der Waals surface area contributed by atoms with Gasteiger partial charge in [-0.05, 0) is 25.8 Å². The van der Waals surface area contributed by atoms with Gasteiger partial charge in [0.05, 0.1) is 0 Å². The fourth-order valence-corrected chi connectivity index (χ4v) is 1.96. The zero-order chi connectivity index (χ0) is 13.7. The summed E-state index contributed by atoms with van der Waals surface area (Å²) in [6, 6.07) is 1.98. The van der Waals surface area contributed by atoms with Gasteiger partial charge in [0.1, 0.15) is 5.69 Å². The van der Waals surface area contributed by atoms with Crippen molar-refractivity contribution in [3.8, 4) is 11.5 Å². The molecule has 2 aromatic heterocycles. The van der Waals surface area contributed by atoms with Crippen molar-refractivity contribution in [3.05, 3.63) is 24.2 Å². The lowest BCUT2D eigenvalue weighted by molar-refractivity contribution is 0.683. The molecule has 0 aliphatic carbocycles. The Balaban J connectivity index is 2.32. The quantitative estimate of drug-likeness (QED) is 0.866. The Kier molecular flexibility index (Phi) is 4.49. The van der Waals surface area contributed by atoms with Crippen LogP contribution in [0, 0.1) is 6.92 Å². The Bertz CT molecular complexity index is 532. The second-order valence-corrected chi connectivity index (χ2v) is 4.59. The van der Waals surface area contributed by atoms with E-state index in [-0.39, 0.29) is 0 Å². The standard InChI is InChI=1S/C14H21N5/c1-4-6-16-14-17-11(3)10-12(18-14)13-15-7-9-19(13)8-5-2/h7,9-10H,4-6,8H2,1-3H3,(H,16,17,18). The third-order valence-electron chi connectivity index (χ3n) is 2.80. The molecule has 0 unspecified atom stereocenters. The number of nitrogens with one attached hydrogen (secondary N) is 1. The minimum Gasteiger partial charge on any atom is -0.354 e. The topological polar surface area (TPSA) is 55.6 Å². The molecule has 1 N–H and O–H groups in total. The van der Waals surface area contributed by atoms with Crippen LogP contribution in [0.2, 0.25) is 0 Å². The van der Waals surface area contributed by atoms with Crippen LogP contribution < -0.4 is 5.32 Å². The molecule has 0 atom stereocenters. The molecule has 19 heavy (non-hydrogen) atoms. The van der Waals surface area contributed by atoms with Gasteiger partial charge in [-0.3, -0.25) is 0 Å². The van der Waals surface area contributed by atoms with Crippen LogP contribution in [0.4, 0.5) is 5.95 Å². The Labute approximate surface area is 114 Å². The highest BCUT2D eigenvalue weighted by Crippen LogP contribution is 2.18. The van der Waals surface area contributed by atoms with E-state index in [9.17, 15) is 0 Å². The summed E-state index contributed by atoms with van der Waals surface area (Å²) in [6.07, 6.45) is 5.95. The minimum absolute atomic E-state index is 0.683. The van der Waals surface area contributed by atoms with Crippen molar-refractivity contribution in [2.45, 2.75) is 40.2 Å². The molecule has 5 nitrogen and oxygen atoms in total. The molecule has 0 radical (unpaired) electrons. The van der Waals surface area contributed by atoms with E-state index >= 15 is 0 Å². The number of hydrogen-bond donors (Lipinski definition) is 1.